The van der Waals surface area contributed by atoms with Crippen molar-refractivity contribution in [2.24, 2.45) is 0 Å². The van der Waals surface area contributed by atoms with Crippen LogP contribution in [0.1, 0.15) is 31.7 Å². The van der Waals surface area contributed by atoms with Gasteiger partial charge in [0.2, 0.25) is 0 Å². The molecule has 0 unspecified atom stereocenters. The molecule has 0 radical (unpaired) electrons. The van der Waals surface area contributed by atoms with Gasteiger partial charge >= 0.3 is 0 Å². The van der Waals surface area contributed by atoms with E-state index in [-0.39, 0.29) is 17.5 Å². The first-order valence-electron chi connectivity index (χ1n) is 6.51. The molecule has 2 aromatic rings. The third kappa shape index (κ3) is 2.90. The molecular formula is C17H17FO. The molecule has 2 heteroatoms. The van der Waals surface area contributed by atoms with Crippen LogP contribution >= 0.6 is 0 Å². The molecule has 0 saturated carbocycles. The van der Waals surface area contributed by atoms with Gasteiger partial charge in [-0.3, -0.25) is 4.79 Å². The second-order valence-electron chi connectivity index (χ2n) is 4.65. The molecule has 0 aliphatic rings. The maximum absolute atomic E-state index is 14.2. The van der Waals surface area contributed by atoms with Crippen molar-refractivity contribution in [1.82, 2.24) is 0 Å². The maximum atomic E-state index is 14.2. The van der Waals surface area contributed by atoms with Crippen molar-refractivity contribution < 1.29 is 9.18 Å². The van der Waals surface area contributed by atoms with Gasteiger partial charge in [0.15, 0.2) is 0 Å². The van der Waals surface area contributed by atoms with Crippen LogP contribution in [-0.4, -0.2) is 5.78 Å². The van der Waals surface area contributed by atoms with Crippen molar-refractivity contribution in [3.8, 4) is 11.1 Å². The summed E-state index contributed by atoms with van der Waals surface area (Å²) in [7, 11) is 0. The Bertz CT molecular complexity index is 575. The van der Waals surface area contributed by atoms with Gasteiger partial charge in [-0.15, -0.1) is 0 Å². The van der Waals surface area contributed by atoms with E-state index in [1.165, 1.54) is 6.07 Å². The van der Waals surface area contributed by atoms with Crippen LogP contribution in [0.3, 0.4) is 0 Å². The van der Waals surface area contributed by atoms with Gasteiger partial charge in [0.25, 0.3) is 0 Å². The third-order valence-corrected chi connectivity index (χ3v) is 3.41. The zero-order valence-corrected chi connectivity index (χ0v) is 11.2. The van der Waals surface area contributed by atoms with Crippen molar-refractivity contribution in [1.29, 1.82) is 0 Å². The highest BCUT2D eigenvalue weighted by molar-refractivity contribution is 5.85. The molecule has 0 aliphatic heterocycles. The van der Waals surface area contributed by atoms with Gasteiger partial charge in [0.1, 0.15) is 11.6 Å². The fraction of sp³-hybridized carbons (Fsp3) is 0.235. The van der Waals surface area contributed by atoms with E-state index >= 15 is 0 Å². The smallest absolute Gasteiger partial charge is 0.139 e. The van der Waals surface area contributed by atoms with E-state index in [4.69, 9.17) is 0 Å². The van der Waals surface area contributed by atoms with E-state index in [1.807, 2.05) is 50.2 Å². The molecular weight excluding hydrogens is 239 g/mol. The zero-order valence-electron chi connectivity index (χ0n) is 11.2. The fourth-order valence-corrected chi connectivity index (χ4v) is 2.14. The summed E-state index contributed by atoms with van der Waals surface area (Å²) >= 11 is 0. The van der Waals surface area contributed by atoms with Crippen LogP contribution in [0.25, 0.3) is 11.1 Å². The normalized spacial score (nSPS) is 12.2. The topological polar surface area (TPSA) is 17.1 Å². The Labute approximate surface area is 113 Å². The second kappa shape index (κ2) is 5.79. The van der Waals surface area contributed by atoms with E-state index < -0.39 is 0 Å². The molecule has 0 aromatic heterocycles. The second-order valence-corrected chi connectivity index (χ2v) is 4.65. The quantitative estimate of drug-likeness (QED) is 0.782. The minimum Gasteiger partial charge on any atom is -0.299 e. The molecule has 0 saturated heterocycles. The first-order chi connectivity index (χ1) is 9.13. The number of hydrogen-bond donors (Lipinski definition) is 0. The van der Waals surface area contributed by atoms with Gasteiger partial charge in [-0.05, 0) is 17.2 Å². The monoisotopic (exact) mass is 256 g/mol. The van der Waals surface area contributed by atoms with E-state index in [0.29, 0.717) is 12.0 Å². The molecule has 2 rings (SSSR count). The first-order valence-corrected chi connectivity index (χ1v) is 6.51. The lowest BCUT2D eigenvalue weighted by molar-refractivity contribution is -0.119. The predicted octanol–water partition coefficient (Wildman–Crippen LogP) is 4.58. The molecule has 0 bridgehead atoms. The van der Waals surface area contributed by atoms with E-state index in [0.717, 1.165) is 11.1 Å². The Hall–Kier alpha value is -1.96. The number of benzene rings is 2. The molecule has 0 heterocycles. The number of hydrogen-bond acceptors (Lipinski definition) is 1. The number of halogens is 1. The molecule has 98 valence electrons. The molecule has 0 N–H and O–H groups in total. The molecule has 1 nitrogen and oxygen atoms in total. The van der Waals surface area contributed by atoms with Crippen molar-refractivity contribution in [2.75, 3.05) is 0 Å². The van der Waals surface area contributed by atoms with E-state index in [2.05, 4.69) is 0 Å². The van der Waals surface area contributed by atoms with Crippen LogP contribution in [0.4, 0.5) is 4.39 Å². The Morgan fingerprint density at radius 1 is 1.16 bits per heavy atom. The van der Waals surface area contributed by atoms with Crippen molar-refractivity contribution in [2.45, 2.75) is 26.2 Å². The van der Waals surface area contributed by atoms with Crippen molar-refractivity contribution >= 4 is 5.78 Å². The largest absolute Gasteiger partial charge is 0.299 e. The molecule has 19 heavy (non-hydrogen) atoms. The average molecular weight is 256 g/mol. The molecule has 0 aliphatic carbocycles. The molecule has 1 atom stereocenters. The summed E-state index contributed by atoms with van der Waals surface area (Å²) in [6.45, 7) is 3.65. The van der Waals surface area contributed by atoms with Crippen LogP contribution < -0.4 is 0 Å². The summed E-state index contributed by atoms with van der Waals surface area (Å²) in [6.07, 6.45) is 0.475. The molecule has 2 aromatic carbocycles. The molecule has 0 spiro atoms. The Morgan fingerprint density at radius 2 is 1.84 bits per heavy atom. The summed E-state index contributed by atoms with van der Waals surface area (Å²) in [5, 5.41) is 0. The first kappa shape index (κ1) is 13.5. The Kier molecular flexibility index (Phi) is 4.10. The summed E-state index contributed by atoms with van der Waals surface area (Å²) in [4.78, 5) is 11.7. The van der Waals surface area contributed by atoms with Crippen LogP contribution in [0.15, 0.2) is 48.5 Å². The van der Waals surface area contributed by atoms with Gasteiger partial charge in [-0.25, -0.2) is 4.39 Å². The fourth-order valence-electron chi connectivity index (χ4n) is 2.14. The number of ketones is 1. The van der Waals surface area contributed by atoms with Crippen LogP contribution in [0, 0.1) is 5.82 Å². The zero-order chi connectivity index (χ0) is 13.8. The Morgan fingerprint density at radius 3 is 2.42 bits per heavy atom. The van der Waals surface area contributed by atoms with Crippen LogP contribution in [-0.2, 0) is 4.79 Å². The summed E-state index contributed by atoms with van der Waals surface area (Å²) < 4.78 is 14.2. The number of carbonyl (C=O) groups excluding carboxylic acids is 1. The van der Waals surface area contributed by atoms with Gasteiger partial charge in [-0.1, -0.05) is 56.3 Å². The lowest BCUT2D eigenvalue weighted by Gasteiger charge is -2.11. The summed E-state index contributed by atoms with van der Waals surface area (Å²) in [6, 6.07) is 14.5. The standard InChI is InChI=1S/C17H17FO/c1-3-17(19)12(2)14-9-10-15(16(18)11-14)13-7-5-4-6-8-13/h4-12H,3H2,1-2H3/t12-/m0/s1. The maximum Gasteiger partial charge on any atom is 0.139 e. The number of carbonyl (C=O) groups is 1. The molecule has 0 fully saturated rings. The van der Waals surface area contributed by atoms with Crippen LogP contribution in [0.5, 0.6) is 0 Å². The highest BCUT2D eigenvalue weighted by Gasteiger charge is 2.15. The van der Waals surface area contributed by atoms with Crippen LogP contribution in [0.2, 0.25) is 0 Å². The summed E-state index contributed by atoms with van der Waals surface area (Å²) in [5.41, 5.74) is 2.16. The highest BCUT2D eigenvalue weighted by atomic mass is 19.1. The minimum atomic E-state index is -0.278. The minimum absolute atomic E-state index is 0.131. The van der Waals surface area contributed by atoms with Crippen molar-refractivity contribution in [3.63, 3.8) is 0 Å². The van der Waals surface area contributed by atoms with Gasteiger partial charge in [-0.2, -0.15) is 0 Å². The third-order valence-electron chi connectivity index (χ3n) is 3.41. The SMILES string of the molecule is CCC(=O)[C@@H](C)c1ccc(-c2ccccc2)c(F)c1. The average Bonchev–Trinajstić information content (AvgIpc) is 2.46. The van der Waals surface area contributed by atoms with Gasteiger partial charge < -0.3 is 0 Å². The Balaban J connectivity index is 2.35. The lowest BCUT2D eigenvalue weighted by atomic mass is 9.93. The number of rotatable bonds is 4. The summed E-state index contributed by atoms with van der Waals surface area (Å²) in [5.74, 6) is -0.393. The predicted molar refractivity (Wildman–Crippen MR) is 75.5 cm³/mol. The van der Waals surface area contributed by atoms with E-state index in [1.54, 1.807) is 6.07 Å². The number of Topliss-reactive ketones (excluding diaryl/α,β-unsaturated/α-hetero) is 1. The lowest BCUT2D eigenvalue weighted by Crippen LogP contribution is -2.07. The van der Waals surface area contributed by atoms with E-state index in [9.17, 15) is 9.18 Å². The van der Waals surface area contributed by atoms with Crippen molar-refractivity contribution in [3.05, 3.63) is 59.9 Å². The molecule has 0 amide bonds. The highest BCUT2D eigenvalue weighted by Crippen LogP contribution is 2.26. The van der Waals surface area contributed by atoms with Gasteiger partial charge in [0.05, 0.1) is 0 Å². The van der Waals surface area contributed by atoms with Gasteiger partial charge in [0, 0.05) is 17.9 Å².